The molecule has 8 aromatic rings. The summed E-state index contributed by atoms with van der Waals surface area (Å²) in [6.07, 6.45) is 7.26. The normalized spacial score (nSPS) is 11.3. The minimum absolute atomic E-state index is 0.545. The monoisotopic (exact) mass is 558 g/mol. The van der Waals surface area contributed by atoms with E-state index >= 15 is 0 Å². The molecule has 0 amide bonds. The van der Waals surface area contributed by atoms with Crippen molar-refractivity contribution in [3.8, 4) is 56.5 Å². The Balaban J connectivity index is 0.976. The Bertz CT molecular complexity index is 2030. The summed E-state index contributed by atoms with van der Waals surface area (Å²) in [5.74, 6) is 2.53. The van der Waals surface area contributed by atoms with Crippen LogP contribution in [-0.2, 0) is 0 Å². The number of fused-ring (bicyclic) bond motifs is 2. The van der Waals surface area contributed by atoms with Gasteiger partial charge in [0.05, 0.1) is 36.2 Å². The molecule has 8 rings (SSSR count). The molecule has 0 spiro atoms. The van der Waals surface area contributed by atoms with Crippen LogP contribution in [0.2, 0.25) is 0 Å². The first kappa shape index (κ1) is 24.6. The Kier molecular flexibility index (Phi) is 5.89. The van der Waals surface area contributed by atoms with Gasteiger partial charge >= 0.3 is 0 Å². The molecule has 0 aliphatic carbocycles. The van der Waals surface area contributed by atoms with Gasteiger partial charge in [0.25, 0.3) is 11.6 Å². The first-order valence-electron chi connectivity index (χ1n) is 13.7. The molecule has 9 heteroatoms. The standard InChI is InChI=1S/C34H22N8O/c1-3-7-23(8-4-1)29-19-35-33-37-31(21-41(33)39-29)25-11-15-27(16-12-25)43-28-17-13-26(14-18-28)32-22-42-34(38-32)36-20-30(40-42)24-9-5-2-6-10-24/h1-22H. The van der Waals surface area contributed by atoms with Crippen LogP contribution in [0.15, 0.2) is 134 Å². The van der Waals surface area contributed by atoms with E-state index in [4.69, 9.17) is 4.74 Å². The van der Waals surface area contributed by atoms with Gasteiger partial charge in [0.1, 0.15) is 22.9 Å². The van der Waals surface area contributed by atoms with E-state index in [1.165, 1.54) is 0 Å². The zero-order valence-corrected chi connectivity index (χ0v) is 22.7. The lowest BCUT2D eigenvalue weighted by molar-refractivity contribution is 0.483. The van der Waals surface area contributed by atoms with Crippen molar-refractivity contribution in [3.63, 3.8) is 0 Å². The fourth-order valence-electron chi connectivity index (χ4n) is 4.85. The second kappa shape index (κ2) is 10.3. The van der Waals surface area contributed by atoms with Crippen LogP contribution in [0.1, 0.15) is 0 Å². The van der Waals surface area contributed by atoms with Gasteiger partial charge in [-0.2, -0.15) is 10.2 Å². The molecule has 0 aliphatic rings. The quantitative estimate of drug-likeness (QED) is 0.216. The molecular weight excluding hydrogens is 536 g/mol. The third kappa shape index (κ3) is 4.85. The zero-order valence-electron chi connectivity index (χ0n) is 22.7. The molecule has 0 unspecified atom stereocenters. The molecule has 0 saturated carbocycles. The van der Waals surface area contributed by atoms with Crippen LogP contribution in [0.5, 0.6) is 11.5 Å². The van der Waals surface area contributed by atoms with Crippen molar-refractivity contribution in [3.05, 3.63) is 134 Å². The number of rotatable bonds is 6. The van der Waals surface area contributed by atoms with Gasteiger partial charge in [0.2, 0.25) is 0 Å². The van der Waals surface area contributed by atoms with Gasteiger partial charge in [0, 0.05) is 22.3 Å². The largest absolute Gasteiger partial charge is 0.457 e. The molecule has 0 bridgehead atoms. The molecule has 4 heterocycles. The molecule has 0 fully saturated rings. The molecule has 204 valence electrons. The Morgan fingerprint density at radius 1 is 0.419 bits per heavy atom. The number of ether oxygens (including phenoxy) is 1. The molecule has 0 atom stereocenters. The first-order valence-corrected chi connectivity index (χ1v) is 13.7. The van der Waals surface area contributed by atoms with Crippen molar-refractivity contribution in [2.24, 2.45) is 0 Å². The number of benzene rings is 4. The van der Waals surface area contributed by atoms with Crippen molar-refractivity contribution in [1.82, 2.24) is 39.2 Å². The highest BCUT2D eigenvalue weighted by atomic mass is 16.5. The molecule has 43 heavy (non-hydrogen) atoms. The van der Waals surface area contributed by atoms with Crippen molar-refractivity contribution < 1.29 is 4.74 Å². The van der Waals surface area contributed by atoms with E-state index in [0.29, 0.717) is 11.6 Å². The van der Waals surface area contributed by atoms with Gasteiger partial charge in [-0.3, -0.25) is 0 Å². The molecule has 0 saturated heterocycles. The average molecular weight is 559 g/mol. The van der Waals surface area contributed by atoms with Gasteiger partial charge in [-0.25, -0.2) is 29.0 Å². The molecule has 0 N–H and O–H groups in total. The predicted octanol–water partition coefficient (Wildman–Crippen LogP) is 7.02. The maximum absolute atomic E-state index is 6.11. The Labute approximate surface area is 245 Å². The van der Waals surface area contributed by atoms with Crippen molar-refractivity contribution in [2.45, 2.75) is 0 Å². The average Bonchev–Trinajstić information content (AvgIpc) is 3.70. The number of aromatic nitrogens is 8. The number of nitrogens with zero attached hydrogens (tertiary/aromatic N) is 8. The Morgan fingerprint density at radius 3 is 1.23 bits per heavy atom. The minimum Gasteiger partial charge on any atom is -0.457 e. The summed E-state index contributed by atoms with van der Waals surface area (Å²) in [7, 11) is 0. The molecule has 9 nitrogen and oxygen atoms in total. The van der Waals surface area contributed by atoms with Crippen LogP contribution >= 0.6 is 0 Å². The summed E-state index contributed by atoms with van der Waals surface area (Å²) in [5.41, 5.74) is 7.05. The van der Waals surface area contributed by atoms with Gasteiger partial charge in [-0.05, 0) is 48.5 Å². The fraction of sp³-hybridized carbons (Fsp3) is 0. The molecule has 0 aliphatic heterocycles. The zero-order chi connectivity index (χ0) is 28.6. The summed E-state index contributed by atoms with van der Waals surface area (Å²) in [5, 5.41) is 9.35. The highest BCUT2D eigenvalue weighted by molar-refractivity contribution is 5.65. The second-order valence-corrected chi connectivity index (χ2v) is 9.91. The highest BCUT2D eigenvalue weighted by Gasteiger charge is 2.11. The predicted molar refractivity (Wildman–Crippen MR) is 163 cm³/mol. The maximum Gasteiger partial charge on any atom is 0.251 e. The molecular formula is C34H22N8O. The molecule has 4 aromatic heterocycles. The van der Waals surface area contributed by atoms with Gasteiger partial charge in [0.15, 0.2) is 0 Å². The summed E-state index contributed by atoms with van der Waals surface area (Å²) in [4.78, 5) is 18.2. The highest BCUT2D eigenvalue weighted by Crippen LogP contribution is 2.28. The summed E-state index contributed by atoms with van der Waals surface area (Å²) in [6, 6.07) is 35.5. The van der Waals surface area contributed by atoms with Crippen LogP contribution < -0.4 is 4.74 Å². The second-order valence-electron chi connectivity index (χ2n) is 9.91. The topological polar surface area (TPSA) is 95.4 Å². The number of hydrogen-bond donors (Lipinski definition) is 0. The fourth-order valence-corrected chi connectivity index (χ4v) is 4.85. The van der Waals surface area contributed by atoms with Crippen LogP contribution in [0, 0.1) is 0 Å². The minimum atomic E-state index is 0.545. The van der Waals surface area contributed by atoms with Crippen LogP contribution in [0.4, 0.5) is 0 Å². The Hall–Kier alpha value is -6.22. The van der Waals surface area contributed by atoms with E-state index in [1.54, 1.807) is 21.4 Å². The number of hydrogen-bond acceptors (Lipinski definition) is 7. The van der Waals surface area contributed by atoms with Crippen LogP contribution in [0.25, 0.3) is 56.6 Å². The lowest BCUT2D eigenvalue weighted by Crippen LogP contribution is -1.95. The van der Waals surface area contributed by atoms with Crippen molar-refractivity contribution >= 4 is 11.6 Å². The number of imidazole rings is 2. The third-order valence-electron chi connectivity index (χ3n) is 7.05. The summed E-state index contributed by atoms with van der Waals surface area (Å²) in [6.45, 7) is 0. The van der Waals surface area contributed by atoms with Gasteiger partial charge < -0.3 is 4.74 Å². The van der Waals surface area contributed by atoms with Crippen LogP contribution in [0.3, 0.4) is 0 Å². The Morgan fingerprint density at radius 2 is 0.814 bits per heavy atom. The maximum atomic E-state index is 6.11. The van der Waals surface area contributed by atoms with Gasteiger partial charge in [-0.15, -0.1) is 0 Å². The van der Waals surface area contributed by atoms with E-state index in [9.17, 15) is 0 Å². The van der Waals surface area contributed by atoms with E-state index in [-0.39, 0.29) is 0 Å². The lowest BCUT2D eigenvalue weighted by Gasteiger charge is -2.07. The lowest BCUT2D eigenvalue weighted by atomic mass is 10.1. The summed E-state index contributed by atoms with van der Waals surface area (Å²) >= 11 is 0. The summed E-state index contributed by atoms with van der Waals surface area (Å²) < 4.78 is 9.53. The van der Waals surface area contributed by atoms with E-state index in [0.717, 1.165) is 56.5 Å². The third-order valence-corrected chi connectivity index (χ3v) is 7.05. The molecule has 0 radical (unpaired) electrons. The SMILES string of the molecule is c1ccc(-c2cnc3nc(-c4ccc(Oc5ccc(-c6cn7nc(-c8ccccc8)cnc7n6)cc5)cc4)cn3n2)cc1. The van der Waals surface area contributed by atoms with Crippen molar-refractivity contribution in [2.75, 3.05) is 0 Å². The molecule has 4 aromatic carbocycles. The van der Waals surface area contributed by atoms with Crippen LogP contribution in [-0.4, -0.2) is 39.2 Å². The van der Waals surface area contributed by atoms with E-state index in [1.807, 2.05) is 122 Å². The van der Waals surface area contributed by atoms with Gasteiger partial charge in [-0.1, -0.05) is 60.7 Å². The van der Waals surface area contributed by atoms with E-state index in [2.05, 4.69) is 30.1 Å². The van der Waals surface area contributed by atoms with Crippen molar-refractivity contribution in [1.29, 1.82) is 0 Å². The van der Waals surface area contributed by atoms with E-state index < -0.39 is 0 Å². The first-order chi connectivity index (χ1) is 21.2. The smallest absolute Gasteiger partial charge is 0.251 e.